The van der Waals surface area contributed by atoms with Gasteiger partial charge in [0.05, 0.1) is 25.4 Å². The fourth-order valence-corrected chi connectivity index (χ4v) is 10.0. The topological polar surface area (TPSA) is 95.9 Å². The third-order valence-corrected chi connectivity index (χ3v) is 15.0. The zero-order chi connectivity index (χ0) is 51.4. The van der Waals surface area contributed by atoms with E-state index in [0.717, 1.165) is 44.9 Å². The standard InChI is InChI=1S/C65H125NO5/c1-3-5-7-9-11-13-15-17-31-34-37-41-45-49-53-57-63(68)62(61-67)66-64(69)58-54-50-46-42-38-35-32-29-27-25-23-21-19-18-20-22-24-26-28-30-33-36-40-44-48-52-56-60-71-65(70)59-55-51-47-43-39-16-14-12-10-8-6-4-2/h12,14,53,57,62-63,67-68H,3-11,13,15-52,54-56,58-61H2,1-2H3,(H,66,69)/b14-12-,57-53+. The summed E-state index contributed by atoms with van der Waals surface area (Å²) in [6.45, 7) is 4.90. The molecule has 420 valence electrons. The molecule has 0 aliphatic rings. The number of aliphatic hydroxyl groups excluding tert-OH is 2. The fourth-order valence-electron chi connectivity index (χ4n) is 10.0. The van der Waals surface area contributed by atoms with Gasteiger partial charge in [0.1, 0.15) is 0 Å². The van der Waals surface area contributed by atoms with Gasteiger partial charge in [-0.1, -0.05) is 308 Å². The van der Waals surface area contributed by atoms with Gasteiger partial charge in [0.15, 0.2) is 0 Å². The van der Waals surface area contributed by atoms with Crippen LogP contribution in [0.25, 0.3) is 0 Å². The Hall–Kier alpha value is -1.66. The summed E-state index contributed by atoms with van der Waals surface area (Å²) in [5.41, 5.74) is 0. The number of unbranched alkanes of at least 4 members (excludes halogenated alkanes) is 47. The number of carbonyl (C=O) groups excluding carboxylic acids is 2. The van der Waals surface area contributed by atoms with Crippen LogP contribution in [-0.2, 0) is 14.3 Å². The van der Waals surface area contributed by atoms with E-state index in [2.05, 4.69) is 31.3 Å². The summed E-state index contributed by atoms with van der Waals surface area (Å²) in [6.07, 6.45) is 75.2. The Morgan fingerprint density at radius 3 is 1.03 bits per heavy atom. The van der Waals surface area contributed by atoms with Crippen molar-refractivity contribution in [1.82, 2.24) is 5.32 Å². The van der Waals surface area contributed by atoms with Crippen LogP contribution in [0.5, 0.6) is 0 Å². The SMILES string of the molecule is CCCCC/C=C\CCCCCCCC(=O)OCCCCCCCCCCCCCCCCCCCCCCCCCCCCCC(=O)NC(CO)C(O)/C=C/CCCCCCCCCCCCCCC. The fraction of sp³-hybridized carbons (Fsp3) is 0.908. The first-order chi connectivity index (χ1) is 35.0. The van der Waals surface area contributed by atoms with Crippen LogP contribution in [0, 0.1) is 0 Å². The normalized spacial score (nSPS) is 12.7. The molecule has 3 N–H and O–H groups in total. The second-order valence-electron chi connectivity index (χ2n) is 22.1. The van der Waals surface area contributed by atoms with Crippen molar-refractivity contribution in [2.75, 3.05) is 13.2 Å². The molecule has 0 aromatic rings. The maximum absolute atomic E-state index is 12.5. The minimum Gasteiger partial charge on any atom is -0.466 e. The Balaban J connectivity index is 3.36. The number of aliphatic hydroxyl groups is 2. The molecule has 6 heteroatoms. The van der Waals surface area contributed by atoms with Crippen LogP contribution in [0.2, 0.25) is 0 Å². The van der Waals surface area contributed by atoms with Crippen molar-refractivity contribution in [3.05, 3.63) is 24.3 Å². The van der Waals surface area contributed by atoms with Crippen molar-refractivity contribution >= 4 is 11.9 Å². The quantitative estimate of drug-likeness (QED) is 0.0320. The van der Waals surface area contributed by atoms with Crippen molar-refractivity contribution in [2.24, 2.45) is 0 Å². The molecule has 2 atom stereocenters. The molecule has 0 aromatic heterocycles. The number of hydrogen-bond acceptors (Lipinski definition) is 5. The molecule has 0 aliphatic carbocycles. The van der Waals surface area contributed by atoms with E-state index in [0.29, 0.717) is 19.4 Å². The van der Waals surface area contributed by atoms with Gasteiger partial charge in [-0.2, -0.15) is 0 Å². The highest BCUT2D eigenvalue weighted by atomic mass is 16.5. The molecule has 71 heavy (non-hydrogen) atoms. The average Bonchev–Trinajstić information content (AvgIpc) is 3.37. The van der Waals surface area contributed by atoms with E-state index >= 15 is 0 Å². The van der Waals surface area contributed by atoms with Gasteiger partial charge in [0.2, 0.25) is 5.91 Å². The molecule has 0 saturated heterocycles. The lowest BCUT2D eigenvalue weighted by molar-refractivity contribution is -0.143. The van der Waals surface area contributed by atoms with E-state index in [1.54, 1.807) is 6.08 Å². The summed E-state index contributed by atoms with van der Waals surface area (Å²) >= 11 is 0. The van der Waals surface area contributed by atoms with Gasteiger partial charge in [0.25, 0.3) is 0 Å². The van der Waals surface area contributed by atoms with Gasteiger partial charge in [0, 0.05) is 12.8 Å². The maximum atomic E-state index is 12.5. The highest BCUT2D eigenvalue weighted by Gasteiger charge is 2.18. The predicted octanol–water partition coefficient (Wildman–Crippen LogP) is 20.2. The predicted molar refractivity (Wildman–Crippen MR) is 310 cm³/mol. The highest BCUT2D eigenvalue weighted by molar-refractivity contribution is 5.76. The molecule has 0 radical (unpaired) electrons. The monoisotopic (exact) mass is 1000 g/mol. The Morgan fingerprint density at radius 2 is 0.662 bits per heavy atom. The molecule has 0 fully saturated rings. The van der Waals surface area contributed by atoms with Gasteiger partial charge in [-0.25, -0.2) is 0 Å². The minimum atomic E-state index is -0.842. The molecular formula is C65H125NO5. The van der Waals surface area contributed by atoms with Gasteiger partial charge in [-0.15, -0.1) is 0 Å². The summed E-state index contributed by atoms with van der Waals surface area (Å²) in [5.74, 6) is -0.0555. The van der Waals surface area contributed by atoms with Crippen LogP contribution in [-0.4, -0.2) is 47.4 Å². The number of esters is 1. The molecule has 0 spiro atoms. The first kappa shape index (κ1) is 69.3. The molecule has 0 rings (SSSR count). The third-order valence-electron chi connectivity index (χ3n) is 15.0. The Labute approximate surface area is 443 Å². The van der Waals surface area contributed by atoms with E-state index in [-0.39, 0.29) is 18.5 Å². The number of amides is 1. The molecule has 0 aliphatic heterocycles. The van der Waals surface area contributed by atoms with Crippen molar-refractivity contribution in [1.29, 1.82) is 0 Å². The van der Waals surface area contributed by atoms with Crippen LogP contribution >= 0.6 is 0 Å². The van der Waals surface area contributed by atoms with E-state index in [4.69, 9.17) is 4.74 Å². The molecule has 6 nitrogen and oxygen atoms in total. The van der Waals surface area contributed by atoms with Crippen LogP contribution in [0.4, 0.5) is 0 Å². The third kappa shape index (κ3) is 57.5. The number of rotatable bonds is 60. The van der Waals surface area contributed by atoms with Gasteiger partial charge in [-0.05, 0) is 57.8 Å². The maximum Gasteiger partial charge on any atom is 0.305 e. The molecule has 1 amide bonds. The average molecular weight is 1000 g/mol. The first-order valence-electron chi connectivity index (χ1n) is 32.1. The van der Waals surface area contributed by atoms with Crippen molar-refractivity contribution in [3.63, 3.8) is 0 Å². The highest BCUT2D eigenvalue weighted by Crippen LogP contribution is 2.18. The Bertz CT molecular complexity index is 1110. The summed E-state index contributed by atoms with van der Waals surface area (Å²) < 4.78 is 5.47. The second-order valence-corrected chi connectivity index (χ2v) is 22.1. The molecule has 0 saturated carbocycles. The Morgan fingerprint density at radius 1 is 0.380 bits per heavy atom. The lowest BCUT2D eigenvalue weighted by atomic mass is 10.0. The largest absolute Gasteiger partial charge is 0.466 e. The van der Waals surface area contributed by atoms with Crippen LogP contribution in [0.3, 0.4) is 0 Å². The van der Waals surface area contributed by atoms with E-state index in [9.17, 15) is 19.8 Å². The summed E-state index contributed by atoms with van der Waals surface area (Å²) in [5, 5.41) is 23.1. The number of hydrogen-bond donors (Lipinski definition) is 3. The summed E-state index contributed by atoms with van der Waals surface area (Å²) in [6, 6.07) is -0.625. The van der Waals surface area contributed by atoms with Crippen molar-refractivity contribution < 1.29 is 24.5 Å². The zero-order valence-electron chi connectivity index (χ0n) is 48.0. The lowest BCUT2D eigenvalue weighted by Gasteiger charge is -2.20. The lowest BCUT2D eigenvalue weighted by Crippen LogP contribution is -2.45. The van der Waals surface area contributed by atoms with E-state index in [1.807, 2.05) is 6.08 Å². The van der Waals surface area contributed by atoms with E-state index < -0.39 is 12.1 Å². The Kier molecular flexibility index (Phi) is 59.5. The van der Waals surface area contributed by atoms with Gasteiger partial charge in [-0.3, -0.25) is 9.59 Å². The van der Waals surface area contributed by atoms with E-state index in [1.165, 1.54) is 283 Å². The summed E-state index contributed by atoms with van der Waals surface area (Å²) in [4.78, 5) is 24.5. The van der Waals surface area contributed by atoms with Crippen molar-refractivity contribution in [2.45, 2.75) is 366 Å². The zero-order valence-corrected chi connectivity index (χ0v) is 48.0. The van der Waals surface area contributed by atoms with Gasteiger partial charge >= 0.3 is 5.97 Å². The minimum absolute atomic E-state index is 0.00781. The molecular weight excluding hydrogens is 875 g/mol. The number of nitrogens with one attached hydrogen (secondary N) is 1. The summed E-state index contributed by atoms with van der Waals surface area (Å²) in [7, 11) is 0. The number of allylic oxidation sites excluding steroid dienone is 3. The van der Waals surface area contributed by atoms with Gasteiger partial charge < -0.3 is 20.3 Å². The molecule has 0 heterocycles. The first-order valence-corrected chi connectivity index (χ1v) is 32.1. The second kappa shape index (κ2) is 60.9. The molecule has 0 aromatic carbocycles. The smallest absolute Gasteiger partial charge is 0.305 e. The number of ether oxygens (including phenoxy) is 1. The molecule has 2 unspecified atom stereocenters. The van der Waals surface area contributed by atoms with Crippen molar-refractivity contribution in [3.8, 4) is 0 Å². The van der Waals surface area contributed by atoms with Crippen LogP contribution < -0.4 is 5.32 Å². The van der Waals surface area contributed by atoms with Crippen LogP contribution in [0.15, 0.2) is 24.3 Å². The van der Waals surface area contributed by atoms with Crippen LogP contribution in [0.1, 0.15) is 354 Å². The molecule has 0 bridgehead atoms. The number of carbonyl (C=O) groups is 2.